The van der Waals surface area contributed by atoms with E-state index in [9.17, 15) is 27.6 Å². The lowest BCUT2D eigenvalue weighted by molar-refractivity contribution is -0.125. The Morgan fingerprint density at radius 1 is 1.24 bits per heavy atom. The monoisotopic (exact) mass is 358 g/mol. The van der Waals surface area contributed by atoms with E-state index in [0.717, 1.165) is 0 Å². The Labute approximate surface area is 138 Å². The molecule has 0 aliphatic carbocycles. The summed E-state index contributed by atoms with van der Waals surface area (Å²) >= 11 is 0. The van der Waals surface area contributed by atoms with Crippen LogP contribution in [-0.2, 0) is 4.79 Å². The molecule has 0 saturated heterocycles. The molecule has 2 rings (SSSR count). The van der Waals surface area contributed by atoms with Crippen LogP contribution in [0.4, 0.5) is 18.0 Å². The predicted molar refractivity (Wildman–Crippen MR) is 80.3 cm³/mol. The number of urea groups is 1. The summed E-state index contributed by atoms with van der Waals surface area (Å²) in [6.07, 6.45) is -4.58. The average Bonchev–Trinajstić information content (AvgIpc) is 2.49. The third-order valence-electron chi connectivity index (χ3n) is 3.00. The van der Waals surface area contributed by atoms with Gasteiger partial charge >= 0.3 is 17.8 Å². The molecule has 2 aromatic rings. The summed E-state index contributed by atoms with van der Waals surface area (Å²) in [4.78, 5) is 33.9. The molecular weight excluding hydrogens is 345 g/mol. The SMILES string of the molecule is Cc1cc(=O)oc2cc(OCC(=O)NC(=O)NCC(F)(F)F)ccc12. The molecule has 7 nitrogen and oxygen atoms in total. The molecular formula is C15H13F3N2O5. The second kappa shape index (κ2) is 7.24. The summed E-state index contributed by atoms with van der Waals surface area (Å²) in [5.41, 5.74) is 0.420. The van der Waals surface area contributed by atoms with Gasteiger partial charge in [0.15, 0.2) is 6.61 Å². The first-order valence-corrected chi connectivity index (χ1v) is 6.96. The summed E-state index contributed by atoms with van der Waals surface area (Å²) in [5, 5.41) is 3.86. The molecule has 0 atom stereocenters. The fourth-order valence-electron chi connectivity index (χ4n) is 1.93. The van der Waals surface area contributed by atoms with Gasteiger partial charge < -0.3 is 14.5 Å². The topological polar surface area (TPSA) is 97.6 Å². The van der Waals surface area contributed by atoms with Crippen molar-refractivity contribution in [3.05, 3.63) is 40.2 Å². The molecule has 3 amide bonds. The van der Waals surface area contributed by atoms with E-state index in [1.807, 2.05) is 0 Å². The van der Waals surface area contributed by atoms with Crippen LogP contribution in [0.15, 0.2) is 33.5 Å². The zero-order chi connectivity index (χ0) is 18.6. The Morgan fingerprint density at radius 3 is 2.64 bits per heavy atom. The van der Waals surface area contributed by atoms with E-state index in [0.29, 0.717) is 10.9 Å². The van der Waals surface area contributed by atoms with E-state index < -0.39 is 36.9 Å². The normalized spacial score (nSPS) is 11.2. The smallest absolute Gasteiger partial charge is 0.405 e. The van der Waals surface area contributed by atoms with E-state index in [1.165, 1.54) is 23.5 Å². The summed E-state index contributed by atoms with van der Waals surface area (Å²) < 4.78 is 45.9. The minimum Gasteiger partial charge on any atom is -0.484 e. The third kappa shape index (κ3) is 5.52. The van der Waals surface area contributed by atoms with Crippen LogP contribution in [0.1, 0.15) is 5.56 Å². The van der Waals surface area contributed by atoms with Gasteiger partial charge in [-0.3, -0.25) is 10.1 Å². The van der Waals surface area contributed by atoms with E-state index in [1.54, 1.807) is 18.3 Å². The van der Waals surface area contributed by atoms with Crippen molar-refractivity contribution in [1.29, 1.82) is 0 Å². The van der Waals surface area contributed by atoms with Crippen LogP contribution in [0.25, 0.3) is 11.0 Å². The quantitative estimate of drug-likeness (QED) is 0.813. The van der Waals surface area contributed by atoms with Crippen LogP contribution in [0.3, 0.4) is 0 Å². The van der Waals surface area contributed by atoms with Crippen LogP contribution in [0.2, 0.25) is 0 Å². The molecule has 10 heteroatoms. The molecule has 2 N–H and O–H groups in total. The third-order valence-corrected chi connectivity index (χ3v) is 3.00. The molecule has 0 spiro atoms. The second-order valence-corrected chi connectivity index (χ2v) is 5.04. The van der Waals surface area contributed by atoms with Gasteiger partial charge in [-0.2, -0.15) is 13.2 Å². The Balaban J connectivity index is 1.92. The number of ether oxygens (including phenoxy) is 1. The van der Waals surface area contributed by atoms with Crippen LogP contribution in [0.5, 0.6) is 5.75 Å². The second-order valence-electron chi connectivity index (χ2n) is 5.04. The number of nitrogens with one attached hydrogen (secondary N) is 2. The van der Waals surface area contributed by atoms with Crippen molar-refractivity contribution in [1.82, 2.24) is 10.6 Å². The lowest BCUT2D eigenvalue weighted by Crippen LogP contribution is -2.44. The standard InChI is InChI=1S/C15H13F3N2O5/c1-8-4-13(22)25-11-5-9(2-3-10(8)11)24-6-12(21)20-14(23)19-7-15(16,17)18/h2-5H,6-7H2,1H3,(H2,19,20,21,23). The van der Waals surface area contributed by atoms with Crippen molar-refractivity contribution in [2.75, 3.05) is 13.2 Å². The molecule has 1 aromatic heterocycles. The zero-order valence-corrected chi connectivity index (χ0v) is 12.9. The molecule has 0 unspecified atom stereocenters. The van der Waals surface area contributed by atoms with Crippen LogP contribution in [0, 0.1) is 6.92 Å². The lowest BCUT2D eigenvalue weighted by Gasteiger charge is -2.10. The molecule has 1 heterocycles. The summed E-state index contributed by atoms with van der Waals surface area (Å²) in [7, 11) is 0. The summed E-state index contributed by atoms with van der Waals surface area (Å²) in [6.45, 7) is -0.441. The number of rotatable bonds is 4. The van der Waals surface area contributed by atoms with Crippen LogP contribution >= 0.6 is 0 Å². The molecule has 0 aliphatic heterocycles. The molecule has 0 aliphatic rings. The van der Waals surface area contributed by atoms with Gasteiger partial charge in [0.05, 0.1) is 0 Å². The summed E-state index contributed by atoms with van der Waals surface area (Å²) in [6, 6.07) is 4.57. The molecule has 0 bridgehead atoms. The fourth-order valence-corrected chi connectivity index (χ4v) is 1.93. The predicted octanol–water partition coefficient (Wildman–Crippen LogP) is 1.87. The van der Waals surface area contributed by atoms with Crippen molar-refractivity contribution in [3.63, 3.8) is 0 Å². The summed E-state index contributed by atoms with van der Waals surface area (Å²) in [5.74, 6) is -0.752. The van der Waals surface area contributed by atoms with Gasteiger partial charge in [-0.05, 0) is 24.6 Å². The van der Waals surface area contributed by atoms with Gasteiger partial charge in [0, 0.05) is 17.5 Å². The first-order valence-electron chi connectivity index (χ1n) is 6.96. The van der Waals surface area contributed by atoms with E-state index >= 15 is 0 Å². The van der Waals surface area contributed by atoms with E-state index in [-0.39, 0.29) is 11.3 Å². The lowest BCUT2D eigenvalue weighted by atomic mass is 10.1. The highest BCUT2D eigenvalue weighted by Crippen LogP contribution is 2.22. The first kappa shape index (κ1) is 18.3. The minimum absolute atomic E-state index is 0.187. The number of imide groups is 1. The Morgan fingerprint density at radius 2 is 1.96 bits per heavy atom. The van der Waals surface area contributed by atoms with Crippen molar-refractivity contribution in [2.24, 2.45) is 0 Å². The molecule has 134 valence electrons. The Bertz CT molecular complexity index is 860. The van der Waals surface area contributed by atoms with Crippen LogP contribution < -0.4 is 21.0 Å². The number of aryl methyl sites for hydroxylation is 1. The molecule has 0 fully saturated rings. The minimum atomic E-state index is -4.58. The van der Waals surface area contributed by atoms with Gasteiger partial charge in [0.1, 0.15) is 17.9 Å². The number of hydrogen-bond acceptors (Lipinski definition) is 5. The van der Waals surface area contributed by atoms with Gasteiger partial charge in [-0.1, -0.05) is 0 Å². The molecule has 25 heavy (non-hydrogen) atoms. The maximum absolute atomic E-state index is 11.9. The number of benzene rings is 1. The number of halogens is 3. The van der Waals surface area contributed by atoms with Gasteiger partial charge in [-0.25, -0.2) is 9.59 Å². The number of fused-ring (bicyclic) bond motifs is 1. The Hall–Kier alpha value is -3.04. The van der Waals surface area contributed by atoms with E-state index in [4.69, 9.17) is 9.15 Å². The fraction of sp³-hybridized carbons (Fsp3) is 0.267. The van der Waals surface area contributed by atoms with Crippen molar-refractivity contribution in [3.8, 4) is 5.75 Å². The average molecular weight is 358 g/mol. The molecule has 1 aromatic carbocycles. The first-order chi connectivity index (χ1) is 11.6. The van der Waals surface area contributed by atoms with Crippen molar-refractivity contribution < 1.29 is 31.9 Å². The number of alkyl halides is 3. The number of hydrogen-bond donors (Lipinski definition) is 2. The van der Waals surface area contributed by atoms with Crippen molar-refractivity contribution >= 4 is 22.9 Å². The van der Waals surface area contributed by atoms with E-state index in [2.05, 4.69) is 0 Å². The zero-order valence-electron chi connectivity index (χ0n) is 12.9. The highest BCUT2D eigenvalue weighted by Gasteiger charge is 2.27. The number of carbonyl (C=O) groups excluding carboxylic acids is 2. The molecule has 0 radical (unpaired) electrons. The van der Waals surface area contributed by atoms with Gasteiger partial charge in [0.2, 0.25) is 0 Å². The maximum Gasteiger partial charge on any atom is 0.405 e. The highest BCUT2D eigenvalue weighted by atomic mass is 19.4. The Kier molecular flexibility index (Phi) is 5.30. The van der Waals surface area contributed by atoms with Crippen LogP contribution in [-0.4, -0.2) is 31.3 Å². The highest BCUT2D eigenvalue weighted by molar-refractivity contribution is 5.95. The largest absolute Gasteiger partial charge is 0.484 e. The number of amides is 3. The maximum atomic E-state index is 11.9. The van der Waals surface area contributed by atoms with Gasteiger partial charge in [0.25, 0.3) is 5.91 Å². The van der Waals surface area contributed by atoms with Gasteiger partial charge in [-0.15, -0.1) is 0 Å². The molecule has 0 saturated carbocycles. The van der Waals surface area contributed by atoms with Crippen molar-refractivity contribution in [2.45, 2.75) is 13.1 Å². The number of carbonyl (C=O) groups is 2.